The molecule has 1 unspecified atom stereocenters. The van der Waals surface area contributed by atoms with E-state index in [9.17, 15) is 10.1 Å². The fourth-order valence-corrected chi connectivity index (χ4v) is 1.23. The normalized spacial score (nSPS) is 12.1. The number of hydrogen-bond donors (Lipinski definition) is 1. The first kappa shape index (κ1) is 12.4. The Balaban J connectivity index is 2.59. The molecule has 1 atom stereocenters. The van der Waals surface area contributed by atoms with Crippen LogP contribution in [0.4, 0.5) is 11.5 Å². The first-order chi connectivity index (χ1) is 7.63. The van der Waals surface area contributed by atoms with Gasteiger partial charge in [-0.2, -0.15) is 0 Å². The van der Waals surface area contributed by atoms with Crippen molar-refractivity contribution >= 4 is 11.5 Å². The van der Waals surface area contributed by atoms with Crippen LogP contribution in [0.2, 0.25) is 0 Å². The smallest absolute Gasteiger partial charge is 0.274 e. The SMILES string of the molecule is COCCC(C)Nc1cc([N+](=O)[O-])ccn1. The number of hydrogen-bond acceptors (Lipinski definition) is 5. The summed E-state index contributed by atoms with van der Waals surface area (Å²) >= 11 is 0. The predicted molar refractivity (Wildman–Crippen MR) is 60.5 cm³/mol. The molecule has 0 aromatic carbocycles. The molecule has 0 saturated heterocycles. The van der Waals surface area contributed by atoms with Gasteiger partial charge < -0.3 is 10.1 Å². The van der Waals surface area contributed by atoms with Crippen LogP contribution < -0.4 is 5.32 Å². The van der Waals surface area contributed by atoms with E-state index in [0.717, 1.165) is 6.42 Å². The Labute approximate surface area is 93.8 Å². The highest BCUT2D eigenvalue weighted by molar-refractivity contribution is 5.44. The lowest BCUT2D eigenvalue weighted by atomic mass is 10.2. The highest BCUT2D eigenvalue weighted by Crippen LogP contribution is 2.15. The molecule has 1 rings (SSSR count). The van der Waals surface area contributed by atoms with E-state index in [2.05, 4.69) is 10.3 Å². The summed E-state index contributed by atoms with van der Waals surface area (Å²) in [5.41, 5.74) is 0.0384. The van der Waals surface area contributed by atoms with Crippen molar-refractivity contribution in [1.82, 2.24) is 4.98 Å². The van der Waals surface area contributed by atoms with E-state index in [1.54, 1.807) is 7.11 Å². The Morgan fingerprint density at radius 2 is 2.44 bits per heavy atom. The summed E-state index contributed by atoms with van der Waals surface area (Å²) < 4.78 is 4.94. The molecule has 0 saturated carbocycles. The summed E-state index contributed by atoms with van der Waals surface area (Å²) in [6, 6.07) is 2.95. The molecule has 6 nitrogen and oxygen atoms in total. The highest BCUT2D eigenvalue weighted by Gasteiger charge is 2.08. The quantitative estimate of drug-likeness (QED) is 0.590. The molecule has 0 bridgehead atoms. The van der Waals surface area contributed by atoms with Gasteiger partial charge in [0.2, 0.25) is 0 Å². The van der Waals surface area contributed by atoms with Crippen LogP contribution in [-0.4, -0.2) is 29.7 Å². The summed E-state index contributed by atoms with van der Waals surface area (Å²) in [6.07, 6.45) is 2.24. The Morgan fingerprint density at radius 3 is 3.06 bits per heavy atom. The minimum atomic E-state index is -0.438. The number of nitrogens with one attached hydrogen (secondary N) is 1. The second-order valence-corrected chi connectivity index (χ2v) is 3.48. The summed E-state index contributed by atoms with van der Waals surface area (Å²) in [5, 5.41) is 13.6. The van der Waals surface area contributed by atoms with Crippen LogP contribution in [0.1, 0.15) is 13.3 Å². The summed E-state index contributed by atoms with van der Waals surface area (Å²) in [5.74, 6) is 0.512. The Morgan fingerprint density at radius 1 is 1.69 bits per heavy atom. The summed E-state index contributed by atoms with van der Waals surface area (Å²) in [4.78, 5) is 14.1. The van der Waals surface area contributed by atoms with Gasteiger partial charge in [-0.05, 0) is 13.3 Å². The van der Waals surface area contributed by atoms with Gasteiger partial charge in [-0.1, -0.05) is 0 Å². The second-order valence-electron chi connectivity index (χ2n) is 3.48. The number of methoxy groups -OCH3 is 1. The van der Waals surface area contributed by atoms with Gasteiger partial charge in [0, 0.05) is 32.0 Å². The van der Waals surface area contributed by atoms with Crippen LogP contribution in [-0.2, 0) is 4.74 Å². The number of nitrogens with zero attached hydrogens (tertiary/aromatic N) is 2. The first-order valence-electron chi connectivity index (χ1n) is 4.99. The molecule has 1 heterocycles. The van der Waals surface area contributed by atoms with E-state index in [0.29, 0.717) is 12.4 Å². The number of anilines is 1. The average Bonchev–Trinajstić information content (AvgIpc) is 2.26. The van der Waals surface area contributed by atoms with E-state index in [1.165, 1.54) is 18.3 Å². The third kappa shape index (κ3) is 3.82. The summed E-state index contributed by atoms with van der Waals surface area (Å²) in [7, 11) is 1.64. The molecule has 1 N–H and O–H groups in total. The zero-order valence-electron chi connectivity index (χ0n) is 9.34. The van der Waals surface area contributed by atoms with Gasteiger partial charge in [0.15, 0.2) is 0 Å². The van der Waals surface area contributed by atoms with Crippen LogP contribution >= 0.6 is 0 Å². The minimum absolute atomic E-state index is 0.0384. The predicted octanol–water partition coefficient (Wildman–Crippen LogP) is 1.83. The van der Waals surface area contributed by atoms with Crippen molar-refractivity contribution < 1.29 is 9.66 Å². The van der Waals surface area contributed by atoms with Gasteiger partial charge in [0.1, 0.15) is 5.82 Å². The lowest BCUT2D eigenvalue weighted by Gasteiger charge is -2.13. The monoisotopic (exact) mass is 225 g/mol. The van der Waals surface area contributed by atoms with Crippen molar-refractivity contribution in [2.75, 3.05) is 19.0 Å². The number of rotatable bonds is 6. The van der Waals surface area contributed by atoms with Crippen LogP contribution in [0.25, 0.3) is 0 Å². The van der Waals surface area contributed by atoms with Gasteiger partial charge in [0.05, 0.1) is 11.0 Å². The van der Waals surface area contributed by atoms with Crippen LogP contribution in [0.3, 0.4) is 0 Å². The van der Waals surface area contributed by atoms with Gasteiger partial charge >= 0.3 is 0 Å². The third-order valence-corrected chi connectivity index (χ3v) is 2.10. The van der Waals surface area contributed by atoms with Crippen molar-refractivity contribution in [2.45, 2.75) is 19.4 Å². The standard InChI is InChI=1S/C10H15N3O3/c1-8(4-6-16-2)12-10-7-9(13(14)15)3-5-11-10/h3,5,7-8H,4,6H2,1-2H3,(H,11,12). The molecule has 16 heavy (non-hydrogen) atoms. The fraction of sp³-hybridized carbons (Fsp3) is 0.500. The fourth-order valence-electron chi connectivity index (χ4n) is 1.23. The van der Waals surface area contributed by atoms with Gasteiger partial charge in [-0.15, -0.1) is 0 Å². The number of nitro groups is 1. The van der Waals surface area contributed by atoms with Gasteiger partial charge in [-0.3, -0.25) is 10.1 Å². The Bertz CT molecular complexity index is 357. The number of pyridine rings is 1. The third-order valence-electron chi connectivity index (χ3n) is 2.10. The number of ether oxygens (including phenoxy) is 1. The zero-order valence-corrected chi connectivity index (χ0v) is 9.34. The molecule has 0 radical (unpaired) electrons. The van der Waals surface area contributed by atoms with Crippen LogP contribution in [0.5, 0.6) is 0 Å². The molecule has 0 aliphatic rings. The molecule has 0 aliphatic heterocycles. The lowest BCUT2D eigenvalue weighted by Crippen LogP contribution is -2.17. The Kier molecular flexibility index (Phi) is 4.65. The van der Waals surface area contributed by atoms with Gasteiger partial charge in [-0.25, -0.2) is 4.98 Å². The molecular weight excluding hydrogens is 210 g/mol. The molecule has 1 aromatic heterocycles. The molecule has 1 aromatic rings. The van der Waals surface area contributed by atoms with Crippen molar-refractivity contribution in [3.63, 3.8) is 0 Å². The van der Waals surface area contributed by atoms with Gasteiger partial charge in [0.25, 0.3) is 5.69 Å². The topological polar surface area (TPSA) is 77.3 Å². The first-order valence-corrected chi connectivity index (χ1v) is 4.99. The van der Waals surface area contributed by atoms with E-state index < -0.39 is 4.92 Å². The van der Waals surface area contributed by atoms with E-state index in [1.807, 2.05) is 6.92 Å². The largest absolute Gasteiger partial charge is 0.385 e. The molecule has 0 fully saturated rings. The van der Waals surface area contributed by atoms with Crippen LogP contribution in [0, 0.1) is 10.1 Å². The highest BCUT2D eigenvalue weighted by atomic mass is 16.6. The maximum Gasteiger partial charge on any atom is 0.274 e. The zero-order chi connectivity index (χ0) is 12.0. The number of aromatic nitrogens is 1. The van der Waals surface area contributed by atoms with Crippen molar-refractivity contribution in [1.29, 1.82) is 0 Å². The lowest BCUT2D eigenvalue weighted by molar-refractivity contribution is -0.384. The van der Waals surface area contributed by atoms with E-state index in [4.69, 9.17) is 4.74 Å². The molecule has 0 amide bonds. The van der Waals surface area contributed by atoms with E-state index in [-0.39, 0.29) is 11.7 Å². The molecule has 0 spiro atoms. The maximum atomic E-state index is 10.5. The van der Waals surface area contributed by atoms with Crippen molar-refractivity contribution in [3.05, 3.63) is 28.4 Å². The van der Waals surface area contributed by atoms with Crippen LogP contribution in [0.15, 0.2) is 18.3 Å². The molecule has 6 heteroatoms. The van der Waals surface area contributed by atoms with E-state index >= 15 is 0 Å². The van der Waals surface area contributed by atoms with Crippen molar-refractivity contribution in [2.24, 2.45) is 0 Å². The maximum absolute atomic E-state index is 10.5. The molecule has 0 aliphatic carbocycles. The molecular formula is C10H15N3O3. The Hall–Kier alpha value is -1.69. The second kappa shape index (κ2) is 6.02. The van der Waals surface area contributed by atoms with Crippen molar-refractivity contribution in [3.8, 4) is 0 Å². The minimum Gasteiger partial charge on any atom is -0.385 e. The average molecular weight is 225 g/mol. The molecule has 88 valence electrons. The summed E-state index contributed by atoms with van der Waals surface area (Å²) in [6.45, 7) is 2.61.